The minimum atomic E-state index is 0.162. The molecule has 5 nitrogen and oxygen atoms in total. The number of thioether (sulfide) groups is 1. The van der Waals surface area contributed by atoms with Crippen LogP contribution in [0.25, 0.3) is 0 Å². The molecule has 1 aromatic heterocycles. The lowest BCUT2D eigenvalue weighted by Crippen LogP contribution is -2.49. The highest BCUT2D eigenvalue weighted by atomic mass is 32.2. The number of rotatable bonds is 1. The highest BCUT2D eigenvalue weighted by Crippen LogP contribution is 2.35. The van der Waals surface area contributed by atoms with Gasteiger partial charge in [0.1, 0.15) is 12.1 Å². The molecule has 0 N–H and O–H groups in total. The minimum absolute atomic E-state index is 0.162. The smallest absolute Gasteiger partial charge is 0.241 e. The van der Waals surface area contributed by atoms with Crippen LogP contribution in [0.1, 0.15) is 12.1 Å². The number of carbonyl (C=O) groups is 1. The number of anilines is 1. The summed E-state index contributed by atoms with van der Waals surface area (Å²) >= 11 is 1.82. The minimum Gasteiger partial charge on any atom is -0.344 e. The van der Waals surface area contributed by atoms with Gasteiger partial charge in [-0.15, -0.1) is 11.8 Å². The molecule has 1 saturated heterocycles. The molecule has 18 heavy (non-hydrogen) atoms. The van der Waals surface area contributed by atoms with Gasteiger partial charge < -0.3 is 9.80 Å². The fourth-order valence-electron chi connectivity index (χ4n) is 2.30. The summed E-state index contributed by atoms with van der Waals surface area (Å²) in [4.78, 5) is 25.6. The SMILES string of the molecule is CN1CCN(c2ncnc3c2SCCC3)CC1=O. The second kappa shape index (κ2) is 4.76. The second-order valence-electron chi connectivity index (χ2n) is 4.66. The highest BCUT2D eigenvalue weighted by Gasteiger charge is 2.26. The molecule has 0 aromatic carbocycles. The molecule has 0 spiro atoms. The number of hydrogen-bond acceptors (Lipinski definition) is 5. The van der Waals surface area contributed by atoms with Gasteiger partial charge in [0.25, 0.3) is 0 Å². The van der Waals surface area contributed by atoms with Gasteiger partial charge in [-0.25, -0.2) is 9.97 Å². The zero-order valence-electron chi connectivity index (χ0n) is 10.4. The predicted octanol–water partition coefficient (Wildman–Crippen LogP) is 0.793. The normalized spacial score (nSPS) is 19.9. The van der Waals surface area contributed by atoms with Crippen molar-refractivity contribution >= 4 is 23.5 Å². The summed E-state index contributed by atoms with van der Waals surface area (Å²) in [5.41, 5.74) is 1.14. The quantitative estimate of drug-likeness (QED) is 0.750. The average Bonchev–Trinajstić information content (AvgIpc) is 2.41. The predicted molar refractivity (Wildman–Crippen MR) is 70.9 cm³/mol. The van der Waals surface area contributed by atoms with E-state index in [9.17, 15) is 4.79 Å². The lowest BCUT2D eigenvalue weighted by atomic mass is 10.2. The fourth-order valence-corrected chi connectivity index (χ4v) is 3.43. The first-order valence-electron chi connectivity index (χ1n) is 6.21. The van der Waals surface area contributed by atoms with E-state index in [-0.39, 0.29) is 5.91 Å². The first-order valence-corrected chi connectivity index (χ1v) is 7.20. The van der Waals surface area contributed by atoms with Crippen molar-refractivity contribution in [1.82, 2.24) is 14.9 Å². The molecule has 0 atom stereocenters. The van der Waals surface area contributed by atoms with Gasteiger partial charge in [-0.3, -0.25) is 4.79 Å². The van der Waals surface area contributed by atoms with Crippen LogP contribution in [0.2, 0.25) is 0 Å². The summed E-state index contributed by atoms with van der Waals surface area (Å²) in [6.07, 6.45) is 3.83. The van der Waals surface area contributed by atoms with Gasteiger partial charge in [0, 0.05) is 20.1 Å². The molecule has 96 valence electrons. The van der Waals surface area contributed by atoms with Gasteiger partial charge in [0.15, 0.2) is 0 Å². The Hall–Kier alpha value is -1.30. The van der Waals surface area contributed by atoms with E-state index in [1.165, 1.54) is 11.3 Å². The Morgan fingerprint density at radius 1 is 1.33 bits per heavy atom. The van der Waals surface area contributed by atoms with Crippen molar-refractivity contribution < 1.29 is 4.79 Å². The number of amides is 1. The number of carbonyl (C=O) groups excluding carboxylic acids is 1. The molecule has 2 aliphatic rings. The molecule has 0 aliphatic carbocycles. The van der Waals surface area contributed by atoms with E-state index in [1.807, 2.05) is 18.8 Å². The van der Waals surface area contributed by atoms with Gasteiger partial charge in [0.05, 0.1) is 17.1 Å². The summed E-state index contributed by atoms with van der Waals surface area (Å²) in [5, 5.41) is 0. The third kappa shape index (κ3) is 2.05. The number of aryl methyl sites for hydroxylation is 1. The summed E-state index contributed by atoms with van der Waals surface area (Å²) in [6, 6.07) is 0. The molecule has 1 amide bonds. The Balaban J connectivity index is 1.90. The first-order chi connectivity index (χ1) is 8.75. The second-order valence-corrected chi connectivity index (χ2v) is 5.77. The Morgan fingerprint density at radius 3 is 3.06 bits per heavy atom. The average molecular weight is 264 g/mol. The number of aromatic nitrogens is 2. The highest BCUT2D eigenvalue weighted by molar-refractivity contribution is 7.99. The summed E-state index contributed by atoms with van der Waals surface area (Å²) in [7, 11) is 1.85. The monoisotopic (exact) mass is 264 g/mol. The molecule has 0 radical (unpaired) electrons. The molecule has 6 heteroatoms. The van der Waals surface area contributed by atoms with Crippen LogP contribution in [0.15, 0.2) is 11.2 Å². The summed E-state index contributed by atoms with van der Waals surface area (Å²) < 4.78 is 0. The van der Waals surface area contributed by atoms with E-state index < -0.39 is 0 Å². The first kappa shape index (κ1) is 11.8. The van der Waals surface area contributed by atoms with Gasteiger partial charge in [-0.1, -0.05) is 0 Å². The Kier molecular flexibility index (Phi) is 3.11. The Morgan fingerprint density at radius 2 is 2.22 bits per heavy atom. The summed E-state index contributed by atoms with van der Waals surface area (Å²) in [5.74, 6) is 2.23. The van der Waals surface area contributed by atoms with Gasteiger partial charge in [-0.05, 0) is 18.6 Å². The molecular formula is C12H16N4OS. The molecule has 0 unspecified atom stereocenters. The maximum atomic E-state index is 11.8. The molecule has 1 aromatic rings. The third-order valence-electron chi connectivity index (χ3n) is 3.42. The van der Waals surface area contributed by atoms with Crippen molar-refractivity contribution in [2.45, 2.75) is 17.7 Å². The van der Waals surface area contributed by atoms with E-state index in [4.69, 9.17) is 0 Å². The van der Waals surface area contributed by atoms with Crippen LogP contribution in [0.4, 0.5) is 5.82 Å². The number of likely N-dealkylation sites (N-methyl/N-ethyl adjacent to an activating group) is 1. The van der Waals surface area contributed by atoms with E-state index in [0.717, 1.165) is 36.8 Å². The van der Waals surface area contributed by atoms with Crippen molar-refractivity contribution in [3.05, 3.63) is 12.0 Å². The van der Waals surface area contributed by atoms with Gasteiger partial charge >= 0.3 is 0 Å². The fraction of sp³-hybridized carbons (Fsp3) is 0.583. The van der Waals surface area contributed by atoms with Crippen molar-refractivity contribution in [2.75, 3.05) is 37.3 Å². The van der Waals surface area contributed by atoms with E-state index in [1.54, 1.807) is 11.2 Å². The van der Waals surface area contributed by atoms with Crippen LogP contribution in [0.3, 0.4) is 0 Å². The van der Waals surface area contributed by atoms with Gasteiger partial charge in [0.2, 0.25) is 5.91 Å². The largest absolute Gasteiger partial charge is 0.344 e. The van der Waals surface area contributed by atoms with E-state index in [0.29, 0.717) is 6.54 Å². The molecule has 3 heterocycles. The molecule has 0 bridgehead atoms. The zero-order chi connectivity index (χ0) is 12.5. The summed E-state index contributed by atoms with van der Waals surface area (Å²) in [6.45, 7) is 2.05. The van der Waals surface area contributed by atoms with E-state index in [2.05, 4.69) is 14.9 Å². The maximum Gasteiger partial charge on any atom is 0.241 e. The maximum absolute atomic E-state index is 11.8. The van der Waals surface area contributed by atoms with E-state index >= 15 is 0 Å². The molecule has 2 aliphatic heterocycles. The van der Waals surface area contributed by atoms with Crippen LogP contribution in [0.5, 0.6) is 0 Å². The van der Waals surface area contributed by atoms with Crippen LogP contribution in [-0.2, 0) is 11.2 Å². The molecule has 3 rings (SSSR count). The third-order valence-corrected chi connectivity index (χ3v) is 4.62. The number of nitrogens with zero attached hydrogens (tertiary/aromatic N) is 4. The molecule has 0 saturated carbocycles. The van der Waals surface area contributed by atoms with Crippen molar-refractivity contribution in [3.63, 3.8) is 0 Å². The number of fused-ring (bicyclic) bond motifs is 1. The van der Waals surface area contributed by atoms with Crippen molar-refractivity contribution in [2.24, 2.45) is 0 Å². The molecular weight excluding hydrogens is 248 g/mol. The lowest BCUT2D eigenvalue weighted by Gasteiger charge is -2.34. The van der Waals surface area contributed by atoms with Crippen LogP contribution in [0, 0.1) is 0 Å². The Bertz CT molecular complexity index is 479. The van der Waals surface area contributed by atoms with Crippen molar-refractivity contribution in [3.8, 4) is 0 Å². The molecule has 1 fully saturated rings. The van der Waals surface area contributed by atoms with Crippen LogP contribution >= 0.6 is 11.8 Å². The zero-order valence-corrected chi connectivity index (χ0v) is 11.2. The number of piperazine rings is 1. The van der Waals surface area contributed by atoms with Crippen LogP contribution in [-0.4, -0.2) is 53.2 Å². The Labute approximate surface area is 111 Å². The standard InChI is InChI=1S/C12H16N4OS/c1-15-4-5-16(7-10(15)17)12-11-9(13-8-14-12)3-2-6-18-11/h8H,2-7H2,1H3. The van der Waals surface area contributed by atoms with Crippen molar-refractivity contribution in [1.29, 1.82) is 0 Å². The lowest BCUT2D eigenvalue weighted by molar-refractivity contribution is -0.129. The van der Waals surface area contributed by atoms with Gasteiger partial charge in [-0.2, -0.15) is 0 Å². The topological polar surface area (TPSA) is 49.3 Å². The van der Waals surface area contributed by atoms with Crippen LogP contribution < -0.4 is 4.90 Å². The number of hydrogen-bond donors (Lipinski definition) is 0.